The van der Waals surface area contributed by atoms with E-state index in [0.717, 1.165) is 23.7 Å². The van der Waals surface area contributed by atoms with E-state index in [1.54, 1.807) is 18.4 Å². The van der Waals surface area contributed by atoms with Crippen molar-refractivity contribution >= 4 is 11.3 Å². The maximum atomic E-state index is 5.36. The summed E-state index contributed by atoms with van der Waals surface area (Å²) in [5.74, 6) is 0. The topological polar surface area (TPSA) is 34.2 Å². The molecule has 4 heteroatoms. The summed E-state index contributed by atoms with van der Waals surface area (Å²) in [7, 11) is 1.75. The highest BCUT2D eigenvalue weighted by Gasteiger charge is 2.17. The van der Waals surface area contributed by atoms with E-state index in [2.05, 4.69) is 29.5 Å². The van der Waals surface area contributed by atoms with E-state index in [-0.39, 0.29) is 6.10 Å². The lowest BCUT2D eigenvalue weighted by molar-refractivity contribution is 0.0833. The van der Waals surface area contributed by atoms with Crippen molar-refractivity contribution in [3.05, 3.63) is 16.1 Å². The second kappa shape index (κ2) is 6.20. The van der Waals surface area contributed by atoms with Crippen molar-refractivity contribution < 1.29 is 4.74 Å². The zero-order valence-corrected chi connectivity index (χ0v) is 10.7. The van der Waals surface area contributed by atoms with Gasteiger partial charge in [0.15, 0.2) is 0 Å². The molecule has 0 spiro atoms. The van der Waals surface area contributed by atoms with Crippen molar-refractivity contribution in [1.29, 1.82) is 0 Å². The van der Waals surface area contributed by atoms with Crippen molar-refractivity contribution in [2.24, 2.45) is 0 Å². The van der Waals surface area contributed by atoms with Gasteiger partial charge in [0.25, 0.3) is 0 Å². The van der Waals surface area contributed by atoms with E-state index in [0.29, 0.717) is 6.04 Å². The first kappa shape index (κ1) is 12.6. The second-order valence-electron chi connectivity index (χ2n) is 3.67. The quantitative estimate of drug-likeness (QED) is 0.808. The maximum Gasteiger partial charge on any atom is 0.0897 e. The third-order valence-corrected chi connectivity index (χ3v) is 3.32. The zero-order chi connectivity index (χ0) is 11.3. The van der Waals surface area contributed by atoms with Gasteiger partial charge < -0.3 is 10.1 Å². The molecule has 1 aromatic heterocycles. The normalized spacial score (nSPS) is 15.2. The molecule has 0 aliphatic carbocycles. The first-order valence-electron chi connectivity index (χ1n) is 5.34. The Labute approximate surface area is 95.9 Å². The van der Waals surface area contributed by atoms with Gasteiger partial charge in [-0.2, -0.15) is 0 Å². The molecule has 3 nitrogen and oxygen atoms in total. The van der Waals surface area contributed by atoms with Gasteiger partial charge in [-0.15, -0.1) is 11.3 Å². The molecule has 0 bridgehead atoms. The van der Waals surface area contributed by atoms with Crippen LogP contribution in [-0.4, -0.2) is 30.8 Å². The SMILES string of the molecule is CCNC(Cc1csc(C)n1)C(C)OC. The van der Waals surface area contributed by atoms with Crippen molar-refractivity contribution in [2.75, 3.05) is 13.7 Å². The zero-order valence-electron chi connectivity index (χ0n) is 9.91. The average molecular weight is 228 g/mol. The molecule has 0 aliphatic heterocycles. The fourth-order valence-corrected chi connectivity index (χ4v) is 2.18. The van der Waals surface area contributed by atoms with Gasteiger partial charge in [-0.25, -0.2) is 4.98 Å². The van der Waals surface area contributed by atoms with E-state index >= 15 is 0 Å². The fraction of sp³-hybridized carbons (Fsp3) is 0.727. The van der Waals surface area contributed by atoms with Crippen molar-refractivity contribution in [3.63, 3.8) is 0 Å². The summed E-state index contributed by atoms with van der Waals surface area (Å²) in [6.45, 7) is 7.20. The van der Waals surface area contributed by atoms with Crippen molar-refractivity contribution in [2.45, 2.75) is 39.3 Å². The van der Waals surface area contributed by atoms with Gasteiger partial charge in [-0.1, -0.05) is 6.92 Å². The van der Waals surface area contributed by atoms with Crippen molar-refractivity contribution in [3.8, 4) is 0 Å². The number of hydrogen-bond acceptors (Lipinski definition) is 4. The minimum absolute atomic E-state index is 0.215. The molecule has 1 aromatic rings. The molecule has 1 N–H and O–H groups in total. The Morgan fingerprint density at radius 3 is 2.80 bits per heavy atom. The van der Waals surface area contributed by atoms with Crippen LogP contribution in [0.3, 0.4) is 0 Å². The van der Waals surface area contributed by atoms with E-state index < -0.39 is 0 Å². The van der Waals surface area contributed by atoms with Gasteiger partial charge >= 0.3 is 0 Å². The molecule has 0 fully saturated rings. The molecule has 0 saturated carbocycles. The molecule has 0 saturated heterocycles. The Hall–Kier alpha value is -0.450. The summed E-state index contributed by atoms with van der Waals surface area (Å²) in [6.07, 6.45) is 1.15. The third kappa shape index (κ3) is 3.89. The predicted octanol–water partition coefficient (Wildman–Crippen LogP) is 2.01. The lowest BCUT2D eigenvalue weighted by Crippen LogP contribution is -2.41. The van der Waals surface area contributed by atoms with Crippen LogP contribution >= 0.6 is 11.3 Å². The molecule has 15 heavy (non-hydrogen) atoms. The number of thiazole rings is 1. The van der Waals surface area contributed by atoms with E-state index in [1.165, 1.54) is 0 Å². The third-order valence-electron chi connectivity index (χ3n) is 2.50. The Morgan fingerprint density at radius 2 is 2.33 bits per heavy atom. The number of rotatable bonds is 6. The number of methoxy groups -OCH3 is 1. The predicted molar refractivity (Wildman–Crippen MR) is 64.5 cm³/mol. The smallest absolute Gasteiger partial charge is 0.0897 e. The minimum atomic E-state index is 0.215. The van der Waals surface area contributed by atoms with Crippen LogP contribution in [0.25, 0.3) is 0 Å². The number of hydrogen-bond donors (Lipinski definition) is 1. The maximum absolute atomic E-state index is 5.36. The molecule has 2 unspecified atom stereocenters. The number of aromatic nitrogens is 1. The Balaban J connectivity index is 2.57. The van der Waals surface area contributed by atoms with Crippen LogP contribution in [-0.2, 0) is 11.2 Å². The van der Waals surface area contributed by atoms with E-state index in [4.69, 9.17) is 4.74 Å². The summed E-state index contributed by atoms with van der Waals surface area (Å²) in [6, 6.07) is 0.349. The molecule has 0 radical (unpaired) electrons. The van der Waals surface area contributed by atoms with Crippen LogP contribution in [0.5, 0.6) is 0 Å². The first-order valence-corrected chi connectivity index (χ1v) is 6.22. The minimum Gasteiger partial charge on any atom is -0.380 e. The van der Waals surface area contributed by atoms with Gasteiger partial charge in [-0.3, -0.25) is 0 Å². The molecular weight excluding hydrogens is 208 g/mol. The molecular formula is C11H20N2OS. The largest absolute Gasteiger partial charge is 0.380 e. The van der Waals surface area contributed by atoms with Crippen LogP contribution < -0.4 is 5.32 Å². The van der Waals surface area contributed by atoms with Crippen molar-refractivity contribution in [1.82, 2.24) is 10.3 Å². The van der Waals surface area contributed by atoms with Crippen LogP contribution in [0, 0.1) is 6.92 Å². The summed E-state index contributed by atoms with van der Waals surface area (Å²) in [5.41, 5.74) is 1.16. The summed E-state index contributed by atoms with van der Waals surface area (Å²) >= 11 is 1.70. The van der Waals surface area contributed by atoms with Gasteiger partial charge in [0.2, 0.25) is 0 Å². The lowest BCUT2D eigenvalue weighted by Gasteiger charge is -2.22. The molecule has 0 aliphatic rings. The van der Waals surface area contributed by atoms with Gasteiger partial charge in [0.05, 0.1) is 16.8 Å². The lowest BCUT2D eigenvalue weighted by atomic mass is 10.1. The first-order chi connectivity index (χ1) is 7.17. The number of nitrogens with zero attached hydrogens (tertiary/aromatic N) is 1. The summed E-state index contributed by atoms with van der Waals surface area (Å²) in [4.78, 5) is 4.47. The molecule has 2 atom stereocenters. The number of nitrogens with one attached hydrogen (secondary N) is 1. The Morgan fingerprint density at radius 1 is 1.60 bits per heavy atom. The highest BCUT2D eigenvalue weighted by atomic mass is 32.1. The monoisotopic (exact) mass is 228 g/mol. The van der Waals surface area contributed by atoms with Crippen LogP contribution in [0.1, 0.15) is 24.5 Å². The second-order valence-corrected chi connectivity index (χ2v) is 4.73. The van der Waals surface area contributed by atoms with Crippen LogP contribution in [0.15, 0.2) is 5.38 Å². The average Bonchev–Trinajstić information content (AvgIpc) is 2.62. The standard InChI is InChI=1S/C11H20N2OS/c1-5-12-11(8(2)14-4)6-10-7-15-9(3)13-10/h7-8,11-12H,5-6H2,1-4H3. The Bertz CT molecular complexity index is 288. The molecule has 0 aromatic carbocycles. The van der Waals surface area contributed by atoms with E-state index in [9.17, 15) is 0 Å². The number of ether oxygens (including phenoxy) is 1. The highest BCUT2D eigenvalue weighted by Crippen LogP contribution is 2.12. The van der Waals surface area contributed by atoms with E-state index in [1.807, 2.05) is 6.92 Å². The molecule has 1 heterocycles. The van der Waals surface area contributed by atoms with Gasteiger partial charge in [-0.05, 0) is 20.4 Å². The van der Waals surface area contributed by atoms with Crippen LogP contribution in [0.4, 0.5) is 0 Å². The molecule has 1 rings (SSSR count). The Kier molecular flexibility index (Phi) is 5.22. The fourth-order valence-electron chi connectivity index (χ4n) is 1.56. The number of likely N-dealkylation sites (N-methyl/N-ethyl adjacent to an activating group) is 1. The molecule has 86 valence electrons. The molecule has 0 amide bonds. The summed E-state index contributed by atoms with van der Waals surface area (Å²) in [5, 5.41) is 6.69. The summed E-state index contributed by atoms with van der Waals surface area (Å²) < 4.78 is 5.36. The van der Waals surface area contributed by atoms with Gasteiger partial charge in [0.1, 0.15) is 0 Å². The van der Waals surface area contributed by atoms with Crippen LogP contribution in [0.2, 0.25) is 0 Å². The number of aryl methyl sites for hydroxylation is 1. The van der Waals surface area contributed by atoms with Gasteiger partial charge in [0, 0.05) is 25.0 Å². The highest BCUT2D eigenvalue weighted by molar-refractivity contribution is 7.09.